The van der Waals surface area contributed by atoms with Crippen LogP contribution in [0.5, 0.6) is 0 Å². The Hall–Kier alpha value is -3.44. The molecule has 1 aromatic heterocycles. The van der Waals surface area contributed by atoms with E-state index in [-0.39, 0.29) is 5.82 Å². The number of hydrogen-bond acceptors (Lipinski definition) is 4. The van der Waals surface area contributed by atoms with Gasteiger partial charge in [-0.3, -0.25) is 4.79 Å². The summed E-state index contributed by atoms with van der Waals surface area (Å²) in [4.78, 5) is 21.6. The van der Waals surface area contributed by atoms with E-state index < -0.39 is 5.91 Å². The highest BCUT2D eigenvalue weighted by Crippen LogP contribution is 2.25. The lowest BCUT2D eigenvalue weighted by molar-refractivity contribution is 0.101. The molecule has 28 heavy (non-hydrogen) atoms. The van der Waals surface area contributed by atoms with Gasteiger partial charge in [-0.15, -0.1) is 0 Å². The van der Waals surface area contributed by atoms with E-state index in [0.29, 0.717) is 22.0 Å². The molecule has 0 saturated carbocycles. The number of halogens is 1. The lowest BCUT2D eigenvalue weighted by Crippen LogP contribution is -2.16. The molecule has 0 aliphatic carbocycles. The van der Waals surface area contributed by atoms with Crippen LogP contribution in [0.3, 0.4) is 0 Å². The fraction of sp³-hybridized carbons (Fsp3) is 0.0455. The lowest BCUT2D eigenvalue weighted by atomic mass is 10.2. The van der Waals surface area contributed by atoms with E-state index in [1.54, 1.807) is 12.1 Å². The molecule has 0 atom stereocenters. The van der Waals surface area contributed by atoms with Gasteiger partial charge in [-0.05, 0) is 48.9 Å². The van der Waals surface area contributed by atoms with Crippen LogP contribution in [0.4, 0.5) is 17.2 Å². The minimum absolute atomic E-state index is 0.0776. The minimum Gasteiger partial charge on any atom is -0.340 e. The van der Waals surface area contributed by atoms with E-state index in [2.05, 4.69) is 20.6 Å². The Morgan fingerprint density at radius 3 is 2.43 bits per heavy atom. The highest BCUT2D eigenvalue weighted by molar-refractivity contribution is 6.31. The molecule has 0 saturated heterocycles. The van der Waals surface area contributed by atoms with Gasteiger partial charge in [0.25, 0.3) is 5.91 Å². The van der Waals surface area contributed by atoms with Crippen LogP contribution in [0.2, 0.25) is 5.02 Å². The predicted molar refractivity (Wildman–Crippen MR) is 113 cm³/mol. The van der Waals surface area contributed by atoms with Crippen LogP contribution in [0, 0.1) is 6.92 Å². The molecule has 2 N–H and O–H groups in total. The SMILES string of the molecule is Cc1ccc(NC(=O)c2nc(Nc3ccccc3)c3ccccc3n2)cc1Cl. The Bertz CT molecular complexity index is 1160. The summed E-state index contributed by atoms with van der Waals surface area (Å²) in [5.74, 6) is 0.250. The summed E-state index contributed by atoms with van der Waals surface area (Å²) in [5.41, 5.74) is 3.09. The number of anilines is 3. The van der Waals surface area contributed by atoms with Crippen LogP contribution in [0.15, 0.2) is 72.8 Å². The van der Waals surface area contributed by atoms with Crippen molar-refractivity contribution in [1.82, 2.24) is 9.97 Å². The number of carbonyl (C=O) groups excluding carboxylic acids is 1. The third-order valence-corrected chi connectivity index (χ3v) is 4.68. The molecular formula is C22H17ClN4O. The topological polar surface area (TPSA) is 66.9 Å². The molecule has 0 spiro atoms. The Morgan fingerprint density at radius 2 is 1.64 bits per heavy atom. The maximum Gasteiger partial charge on any atom is 0.293 e. The van der Waals surface area contributed by atoms with E-state index in [9.17, 15) is 4.79 Å². The number of benzene rings is 3. The summed E-state index contributed by atoms with van der Waals surface area (Å²) in [5, 5.41) is 7.50. The summed E-state index contributed by atoms with van der Waals surface area (Å²) in [6.45, 7) is 1.90. The zero-order valence-electron chi connectivity index (χ0n) is 15.1. The molecule has 0 bridgehead atoms. The van der Waals surface area contributed by atoms with Crippen LogP contribution >= 0.6 is 11.6 Å². The lowest BCUT2D eigenvalue weighted by Gasteiger charge is -2.11. The van der Waals surface area contributed by atoms with Crippen molar-refractivity contribution in [2.75, 3.05) is 10.6 Å². The van der Waals surface area contributed by atoms with E-state index in [4.69, 9.17) is 11.6 Å². The minimum atomic E-state index is -0.401. The molecule has 0 fully saturated rings. The molecule has 1 amide bonds. The zero-order valence-corrected chi connectivity index (χ0v) is 15.9. The fourth-order valence-corrected chi connectivity index (χ4v) is 2.97. The largest absolute Gasteiger partial charge is 0.340 e. The van der Waals surface area contributed by atoms with Crippen LogP contribution in [0.1, 0.15) is 16.2 Å². The van der Waals surface area contributed by atoms with Gasteiger partial charge in [-0.1, -0.05) is 48.0 Å². The van der Waals surface area contributed by atoms with Gasteiger partial charge in [0.05, 0.1) is 5.52 Å². The first-order valence-electron chi connectivity index (χ1n) is 8.76. The van der Waals surface area contributed by atoms with Gasteiger partial charge in [-0.2, -0.15) is 0 Å². The van der Waals surface area contributed by atoms with Crippen molar-refractivity contribution in [3.8, 4) is 0 Å². The van der Waals surface area contributed by atoms with E-state index in [0.717, 1.165) is 16.6 Å². The molecule has 6 heteroatoms. The highest BCUT2D eigenvalue weighted by atomic mass is 35.5. The molecule has 3 aromatic carbocycles. The summed E-state index contributed by atoms with van der Waals surface area (Å²) >= 11 is 6.14. The molecule has 4 rings (SSSR count). The molecule has 0 aliphatic rings. The second-order valence-corrected chi connectivity index (χ2v) is 6.73. The number of nitrogens with zero attached hydrogens (tertiary/aromatic N) is 2. The Kier molecular flexibility index (Phi) is 4.91. The quantitative estimate of drug-likeness (QED) is 0.478. The third kappa shape index (κ3) is 3.80. The van der Waals surface area contributed by atoms with Crippen LogP contribution in [-0.4, -0.2) is 15.9 Å². The number of carbonyl (C=O) groups is 1. The van der Waals surface area contributed by atoms with Crippen LogP contribution < -0.4 is 10.6 Å². The number of nitrogens with one attached hydrogen (secondary N) is 2. The van der Waals surface area contributed by atoms with Gasteiger partial charge in [0.2, 0.25) is 5.82 Å². The van der Waals surface area contributed by atoms with Gasteiger partial charge in [0.1, 0.15) is 5.82 Å². The van der Waals surface area contributed by atoms with Gasteiger partial charge >= 0.3 is 0 Å². The Balaban J connectivity index is 1.70. The first-order chi connectivity index (χ1) is 13.6. The molecule has 138 valence electrons. The van der Waals surface area contributed by atoms with E-state index in [1.807, 2.05) is 67.6 Å². The Morgan fingerprint density at radius 1 is 0.893 bits per heavy atom. The first-order valence-corrected chi connectivity index (χ1v) is 9.14. The first kappa shape index (κ1) is 17.9. The molecular weight excluding hydrogens is 372 g/mol. The number of aryl methyl sites for hydroxylation is 1. The van der Waals surface area contributed by atoms with Crippen molar-refractivity contribution in [2.45, 2.75) is 6.92 Å². The highest BCUT2D eigenvalue weighted by Gasteiger charge is 2.15. The maximum atomic E-state index is 12.8. The molecule has 0 unspecified atom stereocenters. The van der Waals surface area contributed by atoms with Crippen molar-refractivity contribution < 1.29 is 4.79 Å². The van der Waals surface area contributed by atoms with Crippen molar-refractivity contribution >= 4 is 45.6 Å². The summed E-state index contributed by atoms with van der Waals surface area (Å²) < 4.78 is 0. The molecule has 4 aromatic rings. The van der Waals surface area contributed by atoms with E-state index >= 15 is 0 Å². The Labute approximate surface area is 167 Å². The predicted octanol–water partition coefficient (Wildman–Crippen LogP) is 5.59. The molecule has 5 nitrogen and oxygen atoms in total. The van der Waals surface area contributed by atoms with Gasteiger partial charge in [0.15, 0.2) is 0 Å². The third-order valence-electron chi connectivity index (χ3n) is 4.27. The fourth-order valence-electron chi connectivity index (χ4n) is 2.79. The number of fused-ring (bicyclic) bond motifs is 1. The normalized spacial score (nSPS) is 10.6. The van der Waals surface area contributed by atoms with Gasteiger partial charge in [0, 0.05) is 21.8 Å². The molecule has 0 aliphatic heterocycles. The summed E-state index contributed by atoms with van der Waals surface area (Å²) in [6.07, 6.45) is 0. The average molecular weight is 389 g/mol. The van der Waals surface area contributed by atoms with Gasteiger partial charge in [-0.25, -0.2) is 9.97 Å². The smallest absolute Gasteiger partial charge is 0.293 e. The maximum absolute atomic E-state index is 12.8. The van der Waals surface area contributed by atoms with Gasteiger partial charge < -0.3 is 10.6 Å². The van der Waals surface area contributed by atoms with Crippen LogP contribution in [0.25, 0.3) is 10.9 Å². The second-order valence-electron chi connectivity index (χ2n) is 6.32. The molecule has 0 radical (unpaired) electrons. The van der Waals surface area contributed by atoms with Crippen molar-refractivity contribution in [1.29, 1.82) is 0 Å². The van der Waals surface area contributed by atoms with Crippen molar-refractivity contribution in [3.05, 3.63) is 89.2 Å². The van der Waals surface area contributed by atoms with Crippen molar-refractivity contribution in [3.63, 3.8) is 0 Å². The number of aromatic nitrogens is 2. The number of hydrogen-bond donors (Lipinski definition) is 2. The van der Waals surface area contributed by atoms with E-state index in [1.165, 1.54) is 0 Å². The zero-order chi connectivity index (χ0) is 19.5. The summed E-state index contributed by atoms with van der Waals surface area (Å²) in [6, 6.07) is 22.6. The monoisotopic (exact) mass is 388 g/mol. The number of para-hydroxylation sites is 2. The standard InChI is InChI=1S/C22H17ClN4O/c1-14-11-12-16(13-18(14)23)25-22(28)21-26-19-10-6-5-9-17(19)20(27-21)24-15-7-3-2-4-8-15/h2-13H,1H3,(H,25,28)(H,24,26,27). The molecule has 1 heterocycles. The second kappa shape index (κ2) is 7.66. The van der Waals surface area contributed by atoms with Crippen molar-refractivity contribution in [2.24, 2.45) is 0 Å². The number of rotatable bonds is 4. The number of amides is 1. The van der Waals surface area contributed by atoms with Crippen LogP contribution in [-0.2, 0) is 0 Å². The summed E-state index contributed by atoms with van der Waals surface area (Å²) in [7, 11) is 0. The average Bonchev–Trinajstić information content (AvgIpc) is 2.71.